The van der Waals surface area contributed by atoms with Crippen LogP contribution in [0.4, 0.5) is 0 Å². The van der Waals surface area contributed by atoms with Crippen LogP contribution in [0.3, 0.4) is 0 Å². The zero-order valence-corrected chi connectivity index (χ0v) is 7.44. The summed E-state index contributed by atoms with van der Waals surface area (Å²) in [5, 5.41) is 15.4. The molecule has 0 bridgehead atoms. The molecule has 1 aromatic heterocycles. The van der Waals surface area contributed by atoms with Gasteiger partial charge in [-0.05, 0) is 11.6 Å². The third-order valence-electron chi connectivity index (χ3n) is 1.96. The van der Waals surface area contributed by atoms with E-state index in [2.05, 4.69) is 21.3 Å². The second kappa shape index (κ2) is 3.71. The Morgan fingerprint density at radius 2 is 2.21 bits per heavy atom. The van der Waals surface area contributed by atoms with E-state index in [0.29, 0.717) is 12.0 Å². The van der Waals surface area contributed by atoms with Gasteiger partial charge in [-0.25, -0.2) is 4.98 Å². The topological polar surface area (TPSA) is 65.4 Å². The van der Waals surface area contributed by atoms with Crippen molar-refractivity contribution >= 4 is 0 Å². The number of hydrogen-bond acceptors (Lipinski definition) is 3. The van der Waals surface area contributed by atoms with E-state index in [0.717, 1.165) is 11.4 Å². The lowest BCUT2D eigenvalue weighted by Gasteiger charge is -1.99. The van der Waals surface area contributed by atoms with E-state index in [1.807, 2.05) is 18.2 Å². The van der Waals surface area contributed by atoms with Crippen LogP contribution in [0.5, 0.6) is 0 Å². The molecule has 0 saturated heterocycles. The van der Waals surface area contributed by atoms with Gasteiger partial charge >= 0.3 is 0 Å². The first-order valence-electron chi connectivity index (χ1n) is 4.22. The molecule has 0 atom stereocenters. The molecular weight excluding hydrogens is 176 g/mol. The average Bonchev–Trinajstić information content (AvgIpc) is 2.71. The number of rotatable bonds is 2. The molecule has 1 aromatic carbocycles. The number of benzene rings is 1. The third kappa shape index (κ3) is 1.62. The number of hydrogen-bond donors (Lipinski definition) is 1. The van der Waals surface area contributed by atoms with Crippen LogP contribution in [0, 0.1) is 11.3 Å². The Morgan fingerprint density at radius 1 is 1.36 bits per heavy atom. The fourth-order valence-electron chi connectivity index (χ4n) is 1.28. The maximum absolute atomic E-state index is 8.85. The van der Waals surface area contributed by atoms with Gasteiger partial charge < -0.3 is 0 Å². The number of aromatic amines is 1. The van der Waals surface area contributed by atoms with Gasteiger partial charge in [-0.15, -0.1) is 0 Å². The highest BCUT2D eigenvalue weighted by Crippen LogP contribution is 2.10. The lowest BCUT2D eigenvalue weighted by Crippen LogP contribution is -1.94. The smallest absolute Gasteiger partial charge is 0.137 e. The van der Waals surface area contributed by atoms with E-state index in [1.165, 1.54) is 6.33 Å². The van der Waals surface area contributed by atoms with E-state index in [-0.39, 0.29) is 0 Å². The first kappa shape index (κ1) is 8.45. The summed E-state index contributed by atoms with van der Waals surface area (Å²) in [4.78, 5) is 4.01. The predicted molar refractivity (Wildman–Crippen MR) is 50.3 cm³/mol. The highest BCUT2D eigenvalue weighted by atomic mass is 15.2. The molecule has 14 heavy (non-hydrogen) atoms. The summed E-state index contributed by atoms with van der Waals surface area (Å²) in [5.74, 6) is 0.771. The van der Waals surface area contributed by atoms with Gasteiger partial charge in [-0.1, -0.05) is 18.2 Å². The Labute approximate surface area is 81.2 Å². The number of aromatic nitrogens is 3. The van der Waals surface area contributed by atoms with E-state index < -0.39 is 0 Å². The predicted octanol–water partition coefficient (Wildman–Crippen LogP) is 1.27. The van der Waals surface area contributed by atoms with Gasteiger partial charge in [0.15, 0.2) is 0 Å². The summed E-state index contributed by atoms with van der Waals surface area (Å²) in [6.07, 6.45) is 2.08. The van der Waals surface area contributed by atoms with E-state index >= 15 is 0 Å². The summed E-state index contributed by atoms with van der Waals surface area (Å²) in [7, 11) is 0. The lowest BCUT2D eigenvalue weighted by atomic mass is 10.1. The molecule has 0 spiro atoms. The Balaban J connectivity index is 2.30. The Bertz CT molecular complexity index is 453. The molecule has 0 fully saturated rings. The zero-order valence-electron chi connectivity index (χ0n) is 7.44. The van der Waals surface area contributed by atoms with Gasteiger partial charge in [0.2, 0.25) is 0 Å². The Hall–Kier alpha value is -2.15. The molecule has 0 saturated carbocycles. The largest absolute Gasteiger partial charge is 0.263 e. The molecule has 0 amide bonds. The molecule has 1 heterocycles. The lowest BCUT2D eigenvalue weighted by molar-refractivity contribution is 0.970. The van der Waals surface area contributed by atoms with Crippen LogP contribution < -0.4 is 0 Å². The van der Waals surface area contributed by atoms with Gasteiger partial charge in [-0.3, -0.25) is 5.10 Å². The van der Waals surface area contributed by atoms with E-state index in [1.54, 1.807) is 6.07 Å². The van der Waals surface area contributed by atoms with Crippen LogP contribution in [-0.2, 0) is 6.42 Å². The van der Waals surface area contributed by atoms with Crippen molar-refractivity contribution in [2.24, 2.45) is 0 Å². The van der Waals surface area contributed by atoms with E-state index in [9.17, 15) is 0 Å². The number of nitrogens with one attached hydrogen (secondary N) is 1. The monoisotopic (exact) mass is 184 g/mol. The minimum absolute atomic E-state index is 0.615. The fraction of sp³-hybridized carbons (Fsp3) is 0.100. The normalized spacial score (nSPS) is 9.64. The van der Waals surface area contributed by atoms with Crippen molar-refractivity contribution in [1.29, 1.82) is 5.26 Å². The standard InChI is InChI=1S/C10H8N4/c11-6-9-4-2-1-3-8(9)5-10-12-7-13-14-10/h1-4,7H,5H2,(H,12,13,14). The first-order chi connectivity index (χ1) is 6.90. The van der Waals surface area contributed by atoms with Gasteiger partial charge in [0.25, 0.3) is 0 Å². The maximum atomic E-state index is 8.85. The number of nitriles is 1. The highest BCUT2D eigenvalue weighted by molar-refractivity contribution is 5.38. The Kier molecular flexibility index (Phi) is 2.24. The van der Waals surface area contributed by atoms with Crippen molar-refractivity contribution in [1.82, 2.24) is 15.2 Å². The van der Waals surface area contributed by atoms with Gasteiger partial charge in [0.05, 0.1) is 11.6 Å². The van der Waals surface area contributed by atoms with Crippen LogP contribution >= 0.6 is 0 Å². The average molecular weight is 184 g/mol. The van der Waals surface area contributed by atoms with Gasteiger partial charge in [-0.2, -0.15) is 10.4 Å². The van der Waals surface area contributed by atoms with Crippen molar-refractivity contribution in [3.63, 3.8) is 0 Å². The van der Waals surface area contributed by atoms with Crippen LogP contribution in [0.15, 0.2) is 30.6 Å². The molecule has 0 aliphatic rings. The molecule has 0 aliphatic heterocycles. The van der Waals surface area contributed by atoms with Crippen molar-refractivity contribution in [2.75, 3.05) is 0 Å². The van der Waals surface area contributed by atoms with E-state index in [4.69, 9.17) is 5.26 Å². The molecule has 0 unspecified atom stereocenters. The van der Waals surface area contributed by atoms with Crippen LogP contribution in [0.1, 0.15) is 17.0 Å². The molecule has 0 aliphatic carbocycles. The second-order valence-corrected chi connectivity index (χ2v) is 2.88. The van der Waals surface area contributed by atoms with Crippen molar-refractivity contribution in [3.05, 3.63) is 47.5 Å². The maximum Gasteiger partial charge on any atom is 0.137 e. The molecule has 68 valence electrons. The molecule has 4 heteroatoms. The fourth-order valence-corrected chi connectivity index (χ4v) is 1.28. The summed E-state index contributed by atoms with van der Waals surface area (Å²) >= 11 is 0. The first-order valence-corrected chi connectivity index (χ1v) is 4.22. The molecule has 2 aromatic rings. The van der Waals surface area contributed by atoms with Crippen molar-refractivity contribution in [3.8, 4) is 6.07 Å². The van der Waals surface area contributed by atoms with Gasteiger partial charge in [0.1, 0.15) is 12.2 Å². The van der Waals surface area contributed by atoms with Crippen LogP contribution in [0.25, 0.3) is 0 Å². The van der Waals surface area contributed by atoms with Crippen molar-refractivity contribution < 1.29 is 0 Å². The SMILES string of the molecule is N#Cc1ccccc1Cc1ncn[nH]1. The zero-order chi connectivity index (χ0) is 9.80. The molecule has 2 rings (SSSR count). The molecule has 1 N–H and O–H groups in total. The minimum atomic E-state index is 0.615. The van der Waals surface area contributed by atoms with Crippen molar-refractivity contribution in [2.45, 2.75) is 6.42 Å². The number of H-pyrrole nitrogens is 1. The molecular formula is C10H8N4. The second-order valence-electron chi connectivity index (χ2n) is 2.88. The Morgan fingerprint density at radius 3 is 2.93 bits per heavy atom. The summed E-state index contributed by atoms with van der Waals surface area (Å²) in [5.41, 5.74) is 1.65. The highest BCUT2D eigenvalue weighted by Gasteiger charge is 2.03. The third-order valence-corrected chi connectivity index (χ3v) is 1.96. The summed E-state index contributed by atoms with van der Waals surface area (Å²) < 4.78 is 0. The van der Waals surface area contributed by atoms with Gasteiger partial charge in [0, 0.05) is 6.42 Å². The number of nitrogens with zero attached hydrogens (tertiary/aromatic N) is 3. The molecule has 4 nitrogen and oxygen atoms in total. The molecule has 0 radical (unpaired) electrons. The van der Waals surface area contributed by atoms with Crippen LogP contribution in [-0.4, -0.2) is 15.2 Å². The summed E-state index contributed by atoms with van der Waals surface area (Å²) in [6, 6.07) is 9.62. The summed E-state index contributed by atoms with van der Waals surface area (Å²) in [6.45, 7) is 0. The quantitative estimate of drug-likeness (QED) is 0.764. The minimum Gasteiger partial charge on any atom is -0.263 e. The van der Waals surface area contributed by atoms with Crippen LogP contribution in [0.2, 0.25) is 0 Å².